The molecule has 20 heteroatoms. The zero-order valence-electron chi connectivity index (χ0n) is 45.9. The monoisotopic (exact) mass is 1100 g/mol. The smallest absolute Gasteiger partial charge is 0.338 e. The molecule has 11 aliphatic rings. The maximum atomic E-state index is 12.3. The van der Waals surface area contributed by atoms with Crippen molar-refractivity contribution in [2.45, 2.75) is 181 Å². The molecule has 0 spiro atoms. The molecule has 0 amide bonds. The fraction of sp³-hybridized carbons (Fsp3) is 0.542. The lowest BCUT2D eigenvalue weighted by Gasteiger charge is -2.48. The number of aliphatic hydroxyl groups excluding tert-OH is 1. The minimum atomic E-state index is -1.14. The molecule has 1 aromatic rings. The van der Waals surface area contributed by atoms with Crippen molar-refractivity contribution < 1.29 is 96.2 Å². The lowest BCUT2D eigenvalue weighted by atomic mass is 9.62. The van der Waals surface area contributed by atoms with Gasteiger partial charge in [-0.05, 0) is 114 Å². The summed E-state index contributed by atoms with van der Waals surface area (Å²) >= 11 is 0. The van der Waals surface area contributed by atoms with Crippen molar-refractivity contribution in [1.82, 2.24) is 0 Å². The molecule has 1 aromatic carbocycles. The average molecular weight is 1100 g/mol. The second kappa shape index (κ2) is 20.9. The van der Waals surface area contributed by atoms with Crippen molar-refractivity contribution in [2.24, 2.45) is 22.7 Å². The van der Waals surface area contributed by atoms with E-state index in [1.807, 2.05) is 45.9 Å². The molecule has 20 nitrogen and oxygen atoms in total. The van der Waals surface area contributed by atoms with Crippen LogP contribution in [0.1, 0.15) is 141 Å². The van der Waals surface area contributed by atoms with Crippen LogP contribution < -0.4 is 0 Å². The summed E-state index contributed by atoms with van der Waals surface area (Å²) in [5.74, 6) is -4.50. The van der Waals surface area contributed by atoms with Crippen molar-refractivity contribution in [3.8, 4) is 0 Å². The second-order valence-electron chi connectivity index (χ2n) is 23.1. The number of ether oxygens (including phenoxy) is 10. The number of epoxide rings is 1. The highest BCUT2D eigenvalue weighted by Gasteiger charge is 2.83. The average Bonchev–Trinajstić information content (AvgIpc) is 1.98. The Morgan fingerprint density at radius 3 is 1.82 bits per heavy atom. The predicted molar refractivity (Wildman–Crippen MR) is 273 cm³/mol. The molecule has 6 aliphatic heterocycles. The van der Waals surface area contributed by atoms with E-state index in [1.165, 1.54) is 44.4 Å². The molecule has 424 valence electrons. The third kappa shape index (κ3) is 9.97. The van der Waals surface area contributed by atoms with Crippen molar-refractivity contribution in [1.29, 1.82) is 0 Å². The van der Waals surface area contributed by atoms with E-state index in [0.29, 0.717) is 22.3 Å². The number of aliphatic carboxylic acids is 1. The van der Waals surface area contributed by atoms with Gasteiger partial charge in [0.25, 0.3) is 18.9 Å². The number of fused-ring (bicyclic) bond motifs is 6. The number of cyclic esters (lactones) is 3. The van der Waals surface area contributed by atoms with E-state index in [1.54, 1.807) is 26.8 Å². The van der Waals surface area contributed by atoms with Crippen LogP contribution in [0.3, 0.4) is 0 Å². The zero-order valence-corrected chi connectivity index (χ0v) is 45.9. The van der Waals surface area contributed by atoms with Gasteiger partial charge in [0.05, 0.1) is 53.9 Å². The van der Waals surface area contributed by atoms with Crippen molar-refractivity contribution in [3.63, 3.8) is 0 Å². The number of esters is 6. The van der Waals surface area contributed by atoms with E-state index in [2.05, 4.69) is 18.6 Å². The number of carbonyl (C=O) groups is 7. The number of aliphatic hydroxyl groups is 2. The quantitative estimate of drug-likeness (QED) is 0.0575. The second-order valence-corrected chi connectivity index (χ2v) is 23.1. The molecule has 12 rings (SSSR count). The predicted octanol–water partition coefficient (Wildman–Crippen LogP) is 7.29. The largest absolute Gasteiger partial charge is 0.478 e. The lowest BCUT2D eigenvalue weighted by Crippen LogP contribution is -2.55. The molecule has 6 fully saturated rings. The Labute approximate surface area is 457 Å². The summed E-state index contributed by atoms with van der Waals surface area (Å²) in [5.41, 5.74) is 5.28. The molecule has 5 aliphatic carbocycles. The van der Waals surface area contributed by atoms with Gasteiger partial charge in [-0.2, -0.15) is 0 Å². The Kier molecular flexibility index (Phi) is 15.0. The highest BCUT2D eigenvalue weighted by Crippen LogP contribution is 2.73. The van der Waals surface area contributed by atoms with E-state index < -0.39 is 84.5 Å². The third-order valence-electron chi connectivity index (χ3n) is 17.5. The molecule has 3 N–H and O–H groups in total. The Hall–Kier alpha value is -7.03. The first kappa shape index (κ1) is 56.7. The number of carboxylic acids is 1. The Morgan fingerprint density at radius 1 is 0.684 bits per heavy atom. The van der Waals surface area contributed by atoms with Crippen LogP contribution in [0.4, 0.5) is 0 Å². The Balaban J connectivity index is 0.000000132. The van der Waals surface area contributed by atoms with Gasteiger partial charge in [-0.1, -0.05) is 45.9 Å². The summed E-state index contributed by atoms with van der Waals surface area (Å²) in [6.45, 7) is 18.9. The standard InChI is InChI=1S/C19H18O6.C19H22O6.C13H20O3.C8H8O5/c1-8-4-5-11-14(10(8)3)17-15(16(11)20)12(19(22)25-17)7-23-13-6-9(2)18(21)24-13;1-10-7-14(24-16(10)20)23-9-13-12-8-11-5-4-6-18(2,3)19(11,22)15(12)25-17(13)21;1-9(14)15-10-5-8-13-11(2,3)6-4-7-12(10,13)16-13;1-5-4-7(13-8(5)11)12-3-2-6(9)10/h4-7,13,15-17,20H,1-3H3;7-9,12,14-15,22H,4-6H2,1-3H3;10H,4-8H2,1-3H3;2-4,7H,1H3,(H,9,10)/b12-7+;13-9+;;3-2+/t13?,15-,16+,17+;12-,14-,15+,19?;10-,12-,13-;7-/m0111/s1. The molecule has 0 radical (unpaired) electrons. The summed E-state index contributed by atoms with van der Waals surface area (Å²) in [6.07, 6.45) is 14.6. The van der Waals surface area contributed by atoms with E-state index in [9.17, 15) is 43.8 Å². The van der Waals surface area contributed by atoms with Gasteiger partial charge >= 0.3 is 41.8 Å². The highest BCUT2D eigenvalue weighted by molar-refractivity contribution is 5.94. The van der Waals surface area contributed by atoms with Crippen LogP contribution in [0.15, 0.2) is 94.7 Å². The Bertz CT molecular complexity index is 2990. The van der Waals surface area contributed by atoms with Gasteiger partial charge in [-0.15, -0.1) is 0 Å². The van der Waals surface area contributed by atoms with Crippen molar-refractivity contribution in [3.05, 3.63) is 117 Å². The van der Waals surface area contributed by atoms with E-state index in [4.69, 9.17) is 47.7 Å². The third-order valence-corrected chi connectivity index (χ3v) is 17.5. The minimum absolute atomic E-state index is 0.00424. The molecule has 0 aromatic heterocycles. The SMILES string of the molecule is CC(=O)O[C@@H]1CC[C@]23O[C@]12CCCC3(C)C.CC1=CC(O/C=C2/C(=O)O[C@@H]3c4c(ccc(C)c4C)[C@@H](O)[C@H]23)OC1=O.CC1=C[C@H](O/C=C/C(=O)O)OC1=O.CC1=C[C@H](O/C=C2/C(=O)O[C@H]3[C@@H]2C=C2CCCC(C)(C)C23O)OC1=O. The zero-order chi connectivity index (χ0) is 57.3. The fourth-order valence-corrected chi connectivity index (χ4v) is 13.1. The van der Waals surface area contributed by atoms with Crippen molar-refractivity contribution >= 4 is 41.8 Å². The summed E-state index contributed by atoms with van der Waals surface area (Å²) in [7, 11) is 0. The lowest BCUT2D eigenvalue weighted by molar-refractivity contribution is -0.164. The number of aryl methyl sites for hydroxylation is 1. The highest BCUT2D eigenvalue weighted by atomic mass is 16.7. The van der Waals surface area contributed by atoms with Gasteiger partial charge in [0.1, 0.15) is 35.1 Å². The molecule has 79 heavy (non-hydrogen) atoms. The van der Waals surface area contributed by atoms with Gasteiger partial charge in [-0.25, -0.2) is 28.8 Å². The molecular weight excluding hydrogens is 1030 g/mol. The summed E-state index contributed by atoms with van der Waals surface area (Å²) in [6, 6.07) is 3.82. The van der Waals surface area contributed by atoms with Crippen LogP contribution in [0, 0.1) is 36.5 Å². The van der Waals surface area contributed by atoms with E-state index in [0.717, 1.165) is 78.7 Å². The van der Waals surface area contributed by atoms with Crippen LogP contribution in [0.2, 0.25) is 0 Å². The number of rotatable bonds is 8. The maximum absolute atomic E-state index is 12.3. The molecule has 2 unspecified atom stereocenters. The van der Waals surface area contributed by atoms with Crippen LogP contribution in [0.5, 0.6) is 0 Å². The first-order valence-corrected chi connectivity index (χ1v) is 26.6. The maximum Gasteiger partial charge on any atom is 0.338 e. The summed E-state index contributed by atoms with van der Waals surface area (Å²) in [4.78, 5) is 79.2. The molecule has 3 saturated heterocycles. The fourth-order valence-electron chi connectivity index (χ4n) is 13.1. The van der Waals surface area contributed by atoms with Crippen molar-refractivity contribution in [2.75, 3.05) is 0 Å². The molecule has 0 bridgehead atoms. The number of carbonyl (C=O) groups excluding carboxylic acids is 6. The Morgan fingerprint density at radius 2 is 1.25 bits per heavy atom. The first-order chi connectivity index (χ1) is 37.1. The molecular formula is C59H68O20. The van der Waals surface area contributed by atoms with Gasteiger partial charge < -0.3 is 62.7 Å². The van der Waals surface area contributed by atoms with Gasteiger partial charge in [0, 0.05) is 52.8 Å². The van der Waals surface area contributed by atoms with Gasteiger partial charge in [-0.3, -0.25) is 4.79 Å². The topological polar surface area (TPSA) is 276 Å². The van der Waals surface area contributed by atoms with Crippen LogP contribution in [0.25, 0.3) is 0 Å². The molecule has 3 saturated carbocycles. The van der Waals surface area contributed by atoms with Crippen LogP contribution in [-0.2, 0) is 80.9 Å². The number of benzene rings is 1. The number of hydrogen-bond donors (Lipinski definition) is 3. The number of hydrogen-bond acceptors (Lipinski definition) is 19. The van der Waals surface area contributed by atoms with Crippen LogP contribution >= 0.6 is 0 Å². The van der Waals surface area contributed by atoms with E-state index >= 15 is 0 Å². The summed E-state index contributed by atoms with van der Waals surface area (Å²) in [5, 5.41) is 30.3. The van der Waals surface area contributed by atoms with Gasteiger partial charge in [0.15, 0.2) is 0 Å². The normalized spacial score (nSPS) is 35.9. The number of carboxylic acid groups (broad SMARTS) is 1. The van der Waals surface area contributed by atoms with Gasteiger partial charge in [0.2, 0.25) is 0 Å². The van der Waals surface area contributed by atoms with Crippen LogP contribution in [-0.4, -0.2) is 105 Å². The minimum Gasteiger partial charge on any atom is -0.478 e. The first-order valence-electron chi connectivity index (χ1n) is 26.6. The molecule has 12 atom stereocenters. The summed E-state index contributed by atoms with van der Waals surface area (Å²) < 4.78 is 53.0. The van der Waals surface area contributed by atoms with E-state index in [-0.39, 0.29) is 45.6 Å². The molecule has 6 heterocycles.